The summed E-state index contributed by atoms with van der Waals surface area (Å²) in [7, 11) is 2.02. The molecule has 0 spiro atoms. The topological polar surface area (TPSA) is 51.2 Å². The number of benzene rings is 1. The van der Waals surface area contributed by atoms with E-state index in [1.807, 2.05) is 26.1 Å². The average molecular weight is 218 g/mol. The summed E-state index contributed by atoms with van der Waals surface area (Å²) < 4.78 is 2.12. The Balaban J connectivity index is 2.64. The molecule has 0 fully saturated rings. The molecule has 2 rings (SSSR count). The first-order valence-electron chi connectivity index (χ1n) is 5.59. The maximum Gasteiger partial charge on any atom is 0.0825 e. The van der Waals surface area contributed by atoms with Crippen molar-refractivity contribution in [3.8, 4) is 0 Å². The second-order valence-corrected chi connectivity index (χ2v) is 4.17. The van der Waals surface area contributed by atoms with Gasteiger partial charge in [-0.3, -0.25) is 0 Å². The highest BCUT2D eigenvalue weighted by Gasteiger charge is 2.17. The second kappa shape index (κ2) is 4.28. The molecule has 0 bridgehead atoms. The minimum absolute atomic E-state index is 0.462. The third-order valence-electron chi connectivity index (χ3n) is 3.22. The zero-order valence-electron chi connectivity index (χ0n) is 9.77. The number of aryl methyl sites for hydroxylation is 1. The lowest BCUT2D eigenvalue weighted by molar-refractivity contribution is 0.171. The van der Waals surface area contributed by atoms with Gasteiger partial charge < -0.3 is 15.4 Å². The van der Waals surface area contributed by atoms with Crippen molar-refractivity contribution < 1.29 is 5.11 Å². The van der Waals surface area contributed by atoms with Crippen LogP contribution >= 0.6 is 0 Å². The molecule has 1 heterocycles. The molecule has 2 aromatic rings. The van der Waals surface area contributed by atoms with Gasteiger partial charge in [-0.15, -0.1) is 0 Å². The lowest BCUT2D eigenvalue weighted by Crippen LogP contribution is -2.07. The normalized spacial score (nSPS) is 13.2. The molecule has 1 aromatic carbocycles. The number of aliphatic hydroxyl groups is 1. The van der Waals surface area contributed by atoms with Crippen LogP contribution in [0.15, 0.2) is 24.3 Å². The van der Waals surface area contributed by atoms with Crippen molar-refractivity contribution in [1.29, 1.82) is 0 Å². The van der Waals surface area contributed by atoms with Crippen molar-refractivity contribution >= 4 is 10.9 Å². The van der Waals surface area contributed by atoms with E-state index in [1.54, 1.807) is 0 Å². The molecule has 0 amide bonds. The Morgan fingerprint density at radius 2 is 2.06 bits per heavy atom. The number of nitrogens with zero attached hydrogens (tertiary/aromatic N) is 1. The minimum Gasteiger partial charge on any atom is -0.388 e. The van der Waals surface area contributed by atoms with Gasteiger partial charge >= 0.3 is 0 Å². The van der Waals surface area contributed by atoms with Gasteiger partial charge in [-0.05, 0) is 26.0 Å². The summed E-state index contributed by atoms with van der Waals surface area (Å²) in [4.78, 5) is 0. The van der Waals surface area contributed by atoms with Crippen LogP contribution in [0.4, 0.5) is 0 Å². The van der Waals surface area contributed by atoms with Gasteiger partial charge in [0, 0.05) is 29.2 Å². The number of nitrogens with two attached hydrogens (primary N) is 1. The van der Waals surface area contributed by atoms with E-state index < -0.39 is 6.10 Å². The first kappa shape index (κ1) is 11.2. The van der Waals surface area contributed by atoms with E-state index in [-0.39, 0.29) is 0 Å². The summed E-state index contributed by atoms with van der Waals surface area (Å²) in [6.07, 6.45) is 0.144. The maximum absolute atomic E-state index is 10.1. The third kappa shape index (κ3) is 1.62. The van der Waals surface area contributed by atoms with Gasteiger partial charge in [0.15, 0.2) is 0 Å². The fourth-order valence-electron chi connectivity index (χ4n) is 2.27. The highest BCUT2D eigenvalue weighted by atomic mass is 16.3. The predicted molar refractivity (Wildman–Crippen MR) is 66.3 cm³/mol. The molecule has 3 nitrogen and oxygen atoms in total. The standard InChI is InChI=1S/C13H18N2O/c1-9-13(12(16)7-8-14)10-5-3-4-6-11(10)15(9)2/h3-6,12,16H,7-8,14H2,1-2H3. The van der Waals surface area contributed by atoms with Crippen LogP contribution in [0, 0.1) is 6.92 Å². The van der Waals surface area contributed by atoms with E-state index in [4.69, 9.17) is 5.73 Å². The van der Waals surface area contributed by atoms with Gasteiger partial charge in [0.05, 0.1) is 6.10 Å². The number of hydrogen-bond donors (Lipinski definition) is 2. The van der Waals surface area contributed by atoms with Gasteiger partial charge in [0.25, 0.3) is 0 Å². The SMILES string of the molecule is Cc1c(C(O)CCN)c2ccccc2n1C. The van der Waals surface area contributed by atoms with E-state index in [2.05, 4.69) is 16.7 Å². The number of aliphatic hydroxyl groups excluding tert-OH is 1. The highest BCUT2D eigenvalue weighted by molar-refractivity contribution is 5.85. The van der Waals surface area contributed by atoms with E-state index in [1.165, 1.54) is 0 Å². The molecule has 0 aliphatic rings. The minimum atomic E-state index is -0.462. The van der Waals surface area contributed by atoms with Gasteiger partial charge in [0.2, 0.25) is 0 Å². The Kier molecular flexibility index (Phi) is 2.99. The summed E-state index contributed by atoms with van der Waals surface area (Å²) in [6, 6.07) is 8.14. The summed E-state index contributed by atoms with van der Waals surface area (Å²) in [5.41, 5.74) is 8.79. The molecule has 1 aromatic heterocycles. The Morgan fingerprint density at radius 3 is 2.75 bits per heavy atom. The molecule has 1 unspecified atom stereocenters. The quantitative estimate of drug-likeness (QED) is 0.826. The molecule has 0 aliphatic heterocycles. The van der Waals surface area contributed by atoms with Crippen LogP contribution in [0.2, 0.25) is 0 Å². The summed E-state index contributed by atoms with van der Waals surface area (Å²) in [5, 5.41) is 11.2. The molecular weight excluding hydrogens is 200 g/mol. The Morgan fingerprint density at radius 1 is 1.38 bits per heavy atom. The van der Waals surface area contributed by atoms with Crippen molar-refractivity contribution in [2.75, 3.05) is 6.54 Å². The summed E-state index contributed by atoms with van der Waals surface area (Å²) >= 11 is 0. The number of rotatable bonds is 3. The Labute approximate surface area is 95.5 Å². The van der Waals surface area contributed by atoms with E-state index in [0.717, 1.165) is 22.2 Å². The van der Waals surface area contributed by atoms with Crippen LogP contribution in [0.1, 0.15) is 23.8 Å². The molecule has 0 radical (unpaired) electrons. The van der Waals surface area contributed by atoms with Crippen molar-refractivity contribution in [2.45, 2.75) is 19.4 Å². The lowest BCUT2D eigenvalue weighted by Gasteiger charge is -2.10. The van der Waals surface area contributed by atoms with Crippen molar-refractivity contribution in [2.24, 2.45) is 12.8 Å². The zero-order chi connectivity index (χ0) is 11.7. The number of hydrogen-bond acceptors (Lipinski definition) is 2. The lowest BCUT2D eigenvalue weighted by atomic mass is 10.0. The van der Waals surface area contributed by atoms with Crippen molar-refractivity contribution in [3.05, 3.63) is 35.5 Å². The first-order valence-corrected chi connectivity index (χ1v) is 5.59. The molecule has 16 heavy (non-hydrogen) atoms. The molecular formula is C13H18N2O. The Bertz CT molecular complexity index is 502. The zero-order valence-corrected chi connectivity index (χ0v) is 9.77. The average Bonchev–Trinajstić information content (AvgIpc) is 2.53. The monoisotopic (exact) mass is 218 g/mol. The van der Waals surface area contributed by atoms with E-state index in [9.17, 15) is 5.11 Å². The number of aromatic nitrogens is 1. The molecule has 86 valence electrons. The molecule has 3 N–H and O–H groups in total. The molecule has 0 saturated carbocycles. The van der Waals surface area contributed by atoms with Crippen LogP contribution in [0.25, 0.3) is 10.9 Å². The van der Waals surface area contributed by atoms with Gasteiger partial charge in [-0.2, -0.15) is 0 Å². The fourth-order valence-corrected chi connectivity index (χ4v) is 2.27. The van der Waals surface area contributed by atoms with Gasteiger partial charge in [-0.25, -0.2) is 0 Å². The molecule has 3 heteroatoms. The maximum atomic E-state index is 10.1. The number of fused-ring (bicyclic) bond motifs is 1. The third-order valence-corrected chi connectivity index (χ3v) is 3.22. The van der Waals surface area contributed by atoms with Gasteiger partial charge in [-0.1, -0.05) is 18.2 Å². The summed E-state index contributed by atoms with van der Waals surface area (Å²) in [5.74, 6) is 0. The first-order chi connectivity index (χ1) is 7.66. The van der Waals surface area contributed by atoms with Crippen LogP contribution in [0.3, 0.4) is 0 Å². The number of para-hydroxylation sites is 1. The van der Waals surface area contributed by atoms with Crippen molar-refractivity contribution in [3.63, 3.8) is 0 Å². The molecule has 1 atom stereocenters. The van der Waals surface area contributed by atoms with E-state index >= 15 is 0 Å². The van der Waals surface area contributed by atoms with E-state index in [0.29, 0.717) is 13.0 Å². The van der Waals surface area contributed by atoms with Crippen LogP contribution in [-0.4, -0.2) is 16.2 Å². The largest absolute Gasteiger partial charge is 0.388 e. The molecule has 0 aliphatic carbocycles. The van der Waals surface area contributed by atoms with Crippen LogP contribution in [-0.2, 0) is 7.05 Å². The fraction of sp³-hybridized carbons (Fsp3) is 0.385. The predicted octanol–water partition coefficient (Wildman–Crippen LogP) is 1.87. The van der Waals surface area contributed by atoms with Crippen molar-refractivity contribution in [1.82, 2.24) is 4.57 Å². The second-order valence-electron chi connectivity index (χ2n) is 4.17. The summed E-state index contributed by atoms with van der Waals surface area (Å²) in [6.45, 7) is 2.54. The Hall–Kier alpha value is -1.32. The van der Waals surface area contributed by atoms with Gasteiger partial charge in [0.1, 0.15) is 0 Å². The van der Waals surface area contributed by atoms with Crippen LogP contribution in [0.5, 0.6) is 0 Å². The smallest absolute Gasteiger partial charge is 0.0825 e. The molecule has 0 saturated heterocycles. The van der Waals surface area contributed by atoms with Crippen LogP contribution < -0.4 is 5.73 Å². The highest BCUT2D eigenvalue weighted by Crippen LogP contribution is 2.31.